The van der Waals surface area contributed by atoms with Crippen LogP contribution >= 0.6 is 11.8 Å². The highest BCUT2D eigenvalue weighted by Crippen LogP contribution is 2.29. The molecule has 0 fully saturated rings. The minimum atomic E-state index is -0.418. The summed E-state index contributed by atoms with van der Waals surface area (Å²) in [6.45, 7) is 4.30. The number of nitrogens with zero attached hydrogens (tertiary/aromatic N) is 4. The minimum Gasteiger partial charge on any atom is -0.497 e. The Morgan fingerprint density at radius 2 is 1.91 bits per heavy atom. The number of benzene rings is 2. The zero-order valence-corrected chi connectivity index (χ0v) is 19.5. The Bertz CT molecular complexity index is 1200. The first-order valence-corrected chi connectivity index (χ1v) is 11.4. The van der Waals surface area contributed by atoms with Gasteiger partial charge in [-0.1, -0.05) is 47.3 Å². The molecule has 1 N–H and O–H groups in total. The molecular weight excluding hydrogens is 438 g/mol. The van der Waals surface area contributed by atoms with Gasteiger partial charge in [0.15, 0.2) is 11.0 Å². The van der Waals surface area contributed by atoms with Crippen LogP contribution < -0.4 is 10.1 Å². The zero-order valence-electron chi connectivity index (χ0n) is 18.7. The van der Waals surface area contributed by atoms with Gasteiger partial charge in [0.25, 0.3) is 0 Å². The number of ether oxygens (including phenoxy) is 1. The molecule has 4 rings (SSSR count). The van der Waals surface area contributed by atoms with Crippen LogP contribution in [0.2, 0.25) is 0 Å². The van der Waals surface area contributed by atoms with E-state index in [0.29, 0.717) is 23.3 Å². The highest BCUT2D eigenvalue weighted by atomic mass is 32.2. The molecule has 9 heteroatoms. The quantitative estimate of drug-likeness (QED) is 0.362. The summed E-state index contributed by atoms with van der Waals surface area (Å²) in [4.78, 5) is 12.7. The number of carbonyl (C=O) groups is 1. The van der Waals surface area contributed by atoms with Crippen LogP contribution in [0.4, 0.5) is 5.88 Å². The van der Waals surface area contributed by atoms with Gasteiger partial charge in [0, 0.05) is 18.2 Å². The van der Waals surface area contributed by atoms with E-state index in [9.17, 15) is 4.79 Å². The molecule has 2 aromatic carbocycles. The molecule has 0 aliphatic rings. The summed E-state index contributed by atoms with van der Waals surface area (Å²) in [7, 11) is 1.64. The lowest BCUT2D eigenvalue weighted by Gasteiger charge is -2.13. The number of anilines is 1. The molecule has 0 bridgehead atoms. The summed E-state index contributed by atoms with van der Waals surface area (Å²) in [6, 6.07) is 19.6. The molecule has 170 valence electrons. The van der Waals surface area contributed by atoms with Crippen LogP contribution in [-0.4, -0.2) is 38.2 Å². The summed E-state index contributed by atoms with van der Waals surface area (Å²) < 4.78 is 12.4. The van der Waals surface area contributed by atoms with Crippen molar-refractivity contribution in [2.75, 3.05) is 12.4 Å². The smallest absolute Gasteiger partial charge is 0.240 e. The third kappa shape index (κ3) is 5.61. The summed E-state index contributed by atoms with van der Waals surface area (Å²) in [6.07, 6.45) is 0.813. The van der Waals surface area contributed by atoms with Gasteiger partial charge < -0.3 is 13.8 Å². The van der Waals surface area contributed by atoms with E-state index in [-0.39, 0.29) is 5.91 Å². The highest BCUT2D eigenvalue weighted by molar-refractivity contribution is 8.00. The highest BCUT2D eigenvalue weighted by Gasteiger charge is 2.22. The van der Waals surface area contributed by atoms with Crippen molar-refractivity contribution >= 4 is 23.6 Å². The number of hydrogen-bond acceptors (Lipinski definition) is 7. The molecule has 0 saturated heterocycles. The monoisotopic (exact) mass is 463 g/mol. The van der Waals surface area contributed by atoms with E-state index in [1.54, 1.807) is 20.1 Å². The first kappa shape index (κ1) is 22.6. The number of amides is 1. The van der Waals surface area contributed by atoms with E-state index in [1.165, 1.54) is 17.3 Å². The van der Waals surface area contributed by atoms with Crippen LogP contribution in [0.15, 0.2) is 70.3 Å². The van der Waals surface area contributed by atoms with Crippen molar-refractivity contribution in [2.24, 2.45) is 0 Å². The lowest BCUT2D eigenvalue weighted by Crippen LogP contribution is -2.22. The Morgan fingerprint density at radius 3 is 2.58 bits per heavy atom. The minimum absolute atomic E-state index is 0.195. The third-order valence-corrected chi connectivity index (χ3v) is 6.14. The van der Waals surface area contributed by atoms with Gasteiger partial charge in [-0.3, -0.25) is 10.1 Å². The van der Waals surface area contributed by atoms with Gasteiger partial charge in [-0.05, 0) is 50.1 Å². The van der Waals surface area contributed by atoms with Crippen molar-refractivity contribution in [3.05, 3.63) is 71.9 Å². The Labute approximate surface area is 196 Å². The van der Waals surface area contributed by atoms with E-state index in [1.807, 2.05) is 49.4 Å². The number of thioether (sulfide) groups is 1. The van der Waals surface area contributed by atoms with Gasteiger partial charge in [0.05, 0.1) is 18.1 Å². The summed E-state index contributed by atoms with van der Waals surface area (Å²) in [5.74, 6) is 1.65. The maximum absolute atomic E-state index is 12.7. The molecule has 4 aromatic rings. The van der Waals surface area contributed by atoms with Crippen LogP contribution in [-0.2, 0) is 17.8 Å². The average Bonchev–Trinajstić information content (AvgIpc) is 3.43. The van der Waals surface area contributed by atoms with Gasteiger partial charge in [0.1, 0.15) is 5.75 Å². The predicted octanol–water partition coefficient (Wildman–Crippen LogP) is 4.61. The molecule has 1 amide bonds. The third-order valence-electron chi connectivity index (χ3n) is 5.06. The molecule has 0 aliphatic heterocycles. The molecule has 8 nitrogen and oxygen atoms in total. The van der Waals surface area contributed by atoms with Crippen molar-refractivity contribution in [3.8, 4) is 17.1 Å². The number of hydrogen-bond donors (Lipinski definition) is 1. The van der Waals surface area contributed by atoms with Crippen molar-refractivity contribution in [1.82, 2.24) is 19.9 Å². The fourth-order valence-corrected chi connectivity index (χ4v) is 4.15. The van der Waals surface area contributed by atoms with Gasteiger partial charge in [-0.15, -0.1) is 10.2 Å². The van der Waals surface area contributed by atoms with Crippen LogP contribution in [0.25, 0.3) is 11.4 Å². The molecule has 0 saturated carbocycles. The summed E-state index contributed by atoms with van der Waals surface area (Å²) in [5.41, 5.74) is 2.85. The van der Waals surface area contributed by atoms with Crippen molar-refractivity contribution in [2.45, 2.75) is 37.2 Å². The number of carbonyl (C=O) groups excluding carboxylic acids is 1. The summed E-state index contributed by atoms with van der Waals surface area (Å²) in [5, 5.41) is 15.7. The average molecular weight is 464 g/mol. The van der Waals surface area contributed by atoms with Gasteiger partial charge >= 0.3 is 0 Å². The predicted molar refractivity (Wildman–Crippen MR) is 127 cm³/mol. The van der Waals surface area contributed by atoms with Gasteiger partial charge in [0.2, 0.25) is 11.8 Å². The number of aromatic nitrogens is 4. The molecule has 0 radical (unpaired) electrons. The van der Waals surface area contributed by atoms with E-state index >= 15 is 0 Å². The lowest BCUT2D eigenvalue weighted by molar-refractivity contribution is -0.115. The number of rotatable bonds is 9. The number of nitrogens with one attached hydrogen (secondary N) is 1. The van der Waals surface area contributed by atoms with E-state index in [2.05, 4.69) is 37.4 Å². The molecule has 1 atom stereocenters. The van der Waals surface area contributed by atoms with E-state index < -0.39 is 5.25 Å². The zero-order chi connectivity index (χ0) is 23.2. The second-order valence-corrected chi connectivity index (χ2v) is 8.81. The molecule has 33 heavy (non-hydrogen) atoms. The Morgan fingerprint density at radius 1 is 1.15 bits per heavy atom. The second-order valence-electron chi connectivity index (χ2n) is 7.50. The van der Waals surface area contributed by atoms with Crippen LogP contribution in [0.5, 0.6) is 5.75 Å². The largest absolute Gasteiger partial charge is 0.497 e. The second kappa shape index (κ2) is 10.4. The van der Waals surface area contributed by atoms with Crippen LogP contribution in [0.3, 0.4) is 0 Å². The SMILES string of the molecule is COc1ccc(-c2nnc(SC(C)C(=O)Nc3cc(C)no3)n2CCc2ccccc2)cc1. The molecule has 0 spiro atoms. The van der Waals surface area contributed by atoms with Crippen molar-refractivity contribution in [3.63, 3.8) is 0 Å². The normalized spacial score (nSPS) is 11.8. The molecule has 2 heterocycles. The Hall–Kier alpha value is -3.59. The standard InChI is InChI=1S/C24H25N5O3S/c1-16-15-21(32-28-16)25-23(30)17(2)33-24-27-26-22(19-9-11-20(31-3)12-10-19)29(24)14-13-18-7-5-4-6-8-18/h4-12,15,17H,13-14H2,1-3H3,(H,25,30). The maximum atomic E-state index is 12.7. The van der Waals surface area contributed by atoms with E-state index in [0.717, 1.165) is 23.6 Å². The Balaban J connectivity index is 1.56. The number of methoxy groups -OCH3 is 1. The van der Waals surface area contributed by atoms with Gasteiger partial charge in [-0.25, -0.2) is 0 Å². The fraction of sp³-hybridized carbons (Fsp3) is 0.250. The van der Waals surface area contributed by atoms with Gasteiger partial charge in [-0.2, -0.15) is 0 Å². The lowest BCUT2D eigenvalue weighted by atomic mass is 10.1. The maximum Gasteiger partial charge on any atom is 0.240 e. The summed E-state index contributed by atoms with van der Waals surface area (Å²) >= 11 is 1.35. The van der Waals surface area contributed by atoms with Crippen molar-refractivity contribution < 1.29 is 14.1 Å². The molecular formula is C24H25N5O3S. The van der Waals surface area contributed by atoms with Crippen LogP contribution in [0, 0.1) is 6.92 Å². The first-order valence-electron chi connectivity index (χ1n) is 10.6. The first-order chi connectivity index (χ1) is 16.0. The molecule has 1 unspecified atom stereocenters. The Kier molecular flexibility index (Phi) is 7.09. The molecule has 2 aromatic heterocycles. The number of aryl methyl sites for hydroxylation is 2. The van der Waals surface area contributed by atoms with Crippen LogP contribution in [0.1, 0.15) is 18.2 Å². The van der Waals surface area contributed by atoms with Crippen molar-refractivity contribution in [1.29, 1.82) is 0 Å². The molecule has 0 aliphatic carbocycles. The topological polar surface area (TPSA) is 95.1 Å². The van der Waals surface area contributed by atoms with E-state index in [4.69, 9.17) is 9.26 Å². The fourth-order valence-electron chi connectivity index (χ4n) is 3.27.